The van der Waals surface area contributed by atoms with Crippen LogP contribution < -0.4 is 10.1 Å². The highest BCUT2D eigenvalue weighted by Gasteiger charge is 2.34. The van der Waals surface area contributed by atoms with Crippen LogP contribution in [0.25, 0.3) is 0 Å². The van der Waals surface area contributed by atoms with E-state index in [-0.39, 0.29) is 5.60 Å². The van der Waals surface area contributed by atoms with E-state index in [4.69, 9.17) is 14.2 Å². The van der Waals surface area contributed by atoms with Crippen molar-refractivity contribution in [2.45, 2.75) is 25.0 Å². The second-order valence-electron chi connectivity index (χ2n) is 5.33. The molecule has 3 rings (SSSR count). The van der Waals surface area contributed by atoms with E-state index in [9.17, 15) is 0 Å². The van der Waals surface area contributed by atoms with E-state index >= 15 is 0 Å². The minimum Gasteiger partial charge on any atom is -0.493 e. The van der Waals surface area contributed by atoms with Crippen LogP contribution in [0.1, 0.15) is 17.5 Å². The van der Waals surface area contributed by atoms with Crippen molar-refractivity contribution < 1.29 is 14.2 Å². The third kappa shape index (κ3) is 2.76. The second-order valence-corrected chi connectivity index (χ2v) is 5.33. The molecule has 1 N–H and O–H groups in total. The zero-order valence-corrected chi connectivity index (χ0v) is 11.4. The standard InChI is InChI=1S/C15H21NO3/c1-17-15(5-7-18-11-15)10-16-9-12-2-3-14-13(8-12)4-6-19-14/h2-3,8,16H,4-7,9-11H2,1H3. The summed E-state index contributed by atoms with van der Waals surface area (Å²) in [6.45, 7) is 3.99. The molecule has 1 atom stereocenters. The minimum atomic E-state index is -0.139. The van der Waals surface area contributed by atoms with Gasteiger partial charge in [-0.3, -0.25) is 0 Å². The average Bonchev–Trinajstić information content (AvgIpc) is 3.07. The smallest absolute Gasteiger partial charge is 0.122 e. The molecule has 0 saturated carbocycles. The number of hydrogen-bond donors (Lipinski definition) is 1. The molecule has 2 aliphatic heterocycles. The molecule has 1 saturated heterocycles. The highest BCUT2D eigenvalue weighted by Crippen LogP contribution is 2.26. The molecular formula is C15H21NO3. The van der Waals surface area contributed by atoms with E-state index in [0.29, 0.717) is 6.61 Å². The van der Waals surface area contributed by atoms with E-state index in [1.807, 2.05) is 0 Å². The molecule has 0 radical (unpaired) electrons. The predicted molar refractivity (Wildman–Crippen MR) is 72.5 cm³/mol. The lowest BCUT2D eigenvalue weighted by atomic mass is 10.0. The maximum Gasteiger partial charge on any atom is 0.122 e. The Morgan fingerprint density at radius 2 is 2.32 bits per heavy atom. The first-order valence-corrected chi connectivity index (χ1v) is 6.90. The molecule has 104 valence electrons. The number of rotatable bonds is 5. The van der Waals surface area contributed by atoms with Crippen LogP contribution in [-0.4, -0.2) is 39.1 Å². The van der Waals surface area contributed by atoms with Crippen LogP contribution in [0, 0.1) is 0 Å². The molecule has 1 aromatic carbocycles. The maximum absolute atomic E-state index is 5.60. The summed E-state index contributed by atoms with van der Waals surface area (Å²) in [6, 6.07) is 6.44. The zero-order chi connectivity index (χ0) is 13.1. The lowest BCUT2D eigenvalue weighted by molar-refractivity contribution is -0.0159. The van der Waals surface area contributed by atoms with Gasteiger partial charge in [0.1, 0.15) is 11.4 Å². The molecule has 0 bridgehead atoms. The summed E-state index contributed by atoms with van der Waals surface area (Å²) in [4.78, 5) is 0. The van der Waals surface area contributed by atoms with Crippen molar-refractivity contribution in [3.8, 4) is 5.75 Å². The Hall–Kier alpha value is -1.10. The fourth-order valence-corrected chi connectivity index (χ4v) is 2.75. The Morgan fingerprint density at radius 1 is 1.37 bits per heavy atom. The first-order chi connectivity index (χ1) is 9.31. The van der Waals surface area contributed by atoms with Crippen LogP contribution in [0.4, 0.5) is 0 Å². The highest BCUT2D eigenvalue weighted by atomic mass is 16.5. The van der Waals surface area contributed by atoms with Gasteiger partial charge in [-0.05, 0) is 17.2 Å². The maximum atomic E-state index is 5.60. The third-order valence-corrected chi connectivity index (χ3v) is 4.03. The molecule has 0 aromatic heterocycles. The van der Waals surface area contributed by atoms with Crippen molar-refractivity contribution in [3.05, 3.63) is 29.3 Å². The van der Waals surface area contributed by atoms with Crippen LogP contribution in [0.15, 0.2) is 18.2 Å². The van der Waals surface area contributed by atoms with Crippen molar-refractivity contribution >= 4 is 0 Å². The quantitative estimate of drug-likeness (QED) is 0.874. The van der Waals surface area contributed by atoms with Gasteiger partial charge in [-0.1, -0.05) is 12.1 Å². The van der Waals surface area contributed by atoms with Gasteiger partial charge in [0.15, 0.2) is 0 Å². The number of nitrogens with one attached hydrogen (secondary N) is 1. The van der Waals surface area contributed by atoms with Crippen molar-refractivity contribution in [1.29, 1.82) is 0 Å². The molecule has 0 spiro atoms. The molecule has 1 unspecified atom stereocenters. The van der Waals surface area contributed by atoms with Gasteiger partial charge in [0, 0.05) is 39.6 Å². The lowest BCUT2D eigenvalue weighted by Crippen LogP contribution is -2.42. The topological polar surface area (TPSA) is 39.7 Å². The van der Waals surface area contributed by atoms with Crippen molar-refractivity contribution in [2.75, 3.05) is 33.5 Å². The summed E-state index contributed by atoms with van der Waals surface area (Å²) in [5, 5.41) is 3.48. The van der Waals surface area contributed by atoms with E-state index in [1.54, 1.807) is 7.11 Å². The van der Waals surface area contributed by atoms with E-state index < -0.39 is 0 Å². The van der Waals surface area contributed by atoms with Gasteiger partial charge in [0.2, 0.25) is 0 Å². The van der Waals surface area contributed by atoms with Crippen LogP contribution in [0.5, 0.6) is 5.75 Å². The molecule has 1 aromatic rings. The Morgan fingerprint density at radius 3 is 3.11 bits per heavy atom. The molecule has 2 heterocycles. The van der Waals surface area contributed by atoms with Gasteiger partial charge in [-0.15, -0.1) is 0 Å². The number of benzene rings is 1. The van der Waals surface area contributed by atoms with Gasteiger partial charge >= 0.3 is 0 Å². The van der Waals surface area contributed by atoms with Crippen LogP contribution in [0.3, 0.4) is 0 Å². The predicted octanol–water partition coefficient (Wildman–Crippen LogP) is 1.52. The van der Waals surface area contributed by atoms with E-state index in [1.165, 1.54) is 11.1 Å². The number of methoxy groups -OCH3 is 1. The summed E-state index contributed by atoms with van der Waals surface area (Å²) in [6.07, 6.45) is 1.99. The minimum absolute atomic E-state index is 0.139. The summed E-state index contributed by atoms with van der Waals surface area (Å²) >= 11 is 0. The van der Waals surface area contributed by atoms with Crippen molar-refractivity contribution in [3.63, 3.8) is 0 Å². The molecule has 19 heavy (non-hydrogen) atoms. The lowest BCUT2D eigenvalue weighted by Gasteiger charge is -2.26. The number of ether oxygens (including phenoxy) is 3. The van der Waals surface area contributed by atoms with Crippen molar-refractivity contribution in [2.24, 2.45) is 0 Å². The molecule has 1 fully saturated rings. The Kier molecular flexibility index (Phi) is 3.73. The first-order valence-electron chi connectivity index (χ1n) is 6.90. The Balaban J connectivity index is 1.55. The summed E-state index contributed by atoms with van der Waals surface area (Å²) in [5.41, 5.74) is 2.49. The fraction of sp³-hybridized carbons (Fsp3) is 0.600. The van der Waals surface area contributed by atoms with Crippen LogP contribution in [-0.2, 0) is 22.4 Å². The summed E-state index contributed by atoms with van der Waals surface area (Å²) in [5.74, 6) is 1.04. The normalized spacial score (nSPS) is 25.3. The van der Waals surface area contributed by atoms with Crippen LogP contribution >= 0.6 is 0 Å². The molecule has 4 nitrogen and oxygen atoms in total. The zero-order valence-electron chi connectivity index (χ0n) is 11.4. The third-order valence-electron chi connectivity index (χ3n) is 4.03. The van der Waals surface area contributed by atoms with Crippen molar-refractivity contribution in [1.82, 2.24) is 5.32 Å². The first kappa shape index (κ1) is 12.9. The monoisotopic (exact) mass is 263 g/mol. The number of hydrogen-bond acceptors (Lipinski definition) is 4. The Bertz CT molecular complexity index is 441. The van der Waals surface area contributed by atoms with Gasteiger partial charge in [0.05, 0.1) is 13.2 Å². The average molecular weight is 263 g/mol. The molecule has 4 heteroatoms. The van der Waals surface area contributed by atoms with Gasteiger partial charge in [0.25, 0.3) is 0 Å². The highest BCUT2D eigenvalue weighted by molar-refractivity contribution is 5.39. The van der Waals surface area contributed by atoms with Gasteiger partial charge < -0.3 is 19.5 Å². The summed E-state index contributed by atoms with van der Waals surface area (Å²) < 4.78 is 16.6. The second kappa shape index (κ2) is 5.49. The molecular weight excluding hydrogens is 242 g/mol. The van der Waals surface area contributed by atoms with E-state index in [2.05, 4.69) is 23.5 Å². The largest absolute Gasteiger partial charge is 0.493 e. The summed E-state index contributed by atoms with van der Waals surface area (Å²) in [7, 11) is 1.77. The fourth-order valence-electron chi connectivity index (χ4n) is 2.75. The van der Waals surface area contributed by atoms with E-state index in [0.717, 1.165) is 44.9 Å². The SMILES string of the molecule is COC1(CNCc2ccc3c(c2)CCO3)CCOC1. The van der Waals surface area contributed by atoms with Gasteiger partial charge in [-0.25, -0.2) is 0 Å². The van der Waals surface area contributed by atoms with Gasteiger partial charge in [-0.2, -0.15) is 0 Å². The molecule has 0 amide bonds. The Labute approximate surface area is 114 Å². The van der Waals surface area contributed by atoms with Crippen LogP contribution in [0.2, 0.25) is 0 Å². The number of fused-ring (bicyclic) bond motifs is 1. The molecule has 0 aliphatic carbocycles. The molecule has 2 aliphatic rings.